The van der Waals surface area contributed by atoms with Gasteiger partial charge in [-0.3, -0.25) is 9.71 Å². The molecular weight excluding hydrogens is 358 g/mol. The Morgan fingerprint density at radius 2 is 2.00 bits per heavy atom. The lowest BCUT2D eigenvalue weighted by Gasteiger charge is -2.13. The molecule has 1 heterocycles. The normalized spacial score (nSPS) is 11.2. The number of sulfonamides is 1. The molecule has 0 fully saturated rings. The minimum absolute atomic E-state index is 0.0350. The van der Waals surface area contributed by atoms with E-state index in [0.29, 0.717) is 15.8 Å². The third kappa shape index (κ3) is 3.45. The summed E-state index contributed by atoms with van der Waals surface area (Å²) in [4.78, 5) is 3.91. The largest absolute Gasteiger partial charge is 0.495 e. The molecule has 2 rings (SSSR count). The molecule has 3 N–H and O–H groups in total. The summed E-state index contributed by atoms with van der Waals surface area (Å²) in [7, 11) is -2.43. The number of aromatic nitrogens is 1. The summed E-state index contributed by atoms with van der Waals surface area (Å²) >= 11 is 3.23. The fourth-order valence-corrected chi connectivity index (χ4v) is 3.28. The number of hydrogen-bond acceptors (Lipinski definition) is 5. The highest BCUT2D eigenvalue weighted by atomic mass is 79.9. The number of nitrogen functional groups attached to an aromatic ring is 1. The molecule has 8 heteroatoms. The molecule has 0 unspecified atom stereocenters. The van der Waals surface area contributed by atoms with Gasteiger partial charge in [0.05, 0.1) is 19.0 Å². The molecule has 2 aromatic rings. The number of nitrogens with one attached hydrogen (secondary N) is 1. The molecule has 0 aliphatic heterocycles. The SMILES string of the molecule is COc1cc(Br)c(N)cc1S(=O)(=O)Nc1cncc(C)c1. The topological polar surface area (TPSA) is 94.3 Å². The van der Waals surface area contributed by atoms with E-state index in [2.05, 4.69) is 25.6 Å². The van der Waals surface area contributed by atoms with Crippen molar-refractivity contribution in [1.29, 1.82) is 0 Å². The van der Waals surface area contributed by atoms with Gasteiger partial charge in [0, 0.05) is 16.4 Å². The molecule has 0 radical (unpaired) electrons. The van der Waals surface area contributed by atoms with Crippen LogP contribution in [0.15, 0.2) is 40.0 Å². The number of nitrogens with zero attached hydrogens (tertiary/aromatic N) is 1. The summed E-state index contributed by atoms with van der Waals surface area (Å²) in [6, 6.07) is 4.53. The van der Waals surface area contributed by atoms with E-state index in [4.69, 9.17) is 10.5 Å². The maximum absolute atomic E-state index is 12.5. The molecule has 1 aromatic heterocycles. The monoisotopic (exact) mass is 371 g/mol. The molecule has 0 aliphatic carbocycles. The lowest BCUT2D eigenvalue weighted by atomic mass is 10.3. The average molecular weight is 372 g/mol. The van der Waals surface area contributed by atoms with Crippen molar-refractivity contribution in [2.75, 3.05) is 17.6 Å². The van der Waals surface area contributed by atoms with Gasteiger partial charge in [-0.25, -0.2) is 8.42 Å². The Bertz CT molecular complexity index is 778. The minimum Gasteiger partial charge on any atom is -0.495 e. The van der Waals surface area contributed by atoms with E-state index in [1.165, 1.54) is 25.4 Å². The van der Waals surface area contributed by atoms with Crippen molar-refractivity contribution in [1.82, 2.24) is 4.98 Å². The van der Waals surface area contributed by atoms with Crippen LogP contribution in [0, 0.1) is 6.92 Å². The molecule has 0 spiro atoms. The molecule has 0 saturated heterocycles. The Kier molecular flexibility index (Phi) is 4.38. The van der Waals surface area contributed by atoms with E-state index < -0.39 is 10.0 Å². The maximum Gasteiger partial charge on any atom is 0.265 e. The van der Waals surface area contributed by atoms with Crippen molar-refractivity contribution < 1.29 is 13.2 Å². The van der Waals surface area contributed by atoms with E-state index in [-0.39, 0.29) is 10.6 Å². The zero-order chi connectivity index (χ0) is 15.6. The highest BCUT2D eigenvalue weighted by Crippen LogP contribution is 2.33. The van der Waals surface area contributed by atoms with Crippen molar-refractivity contribution in [3.63, 3.8) is 0 Å². The molecule has 6 nitrogen and oxygen atoms in total. The van der Waals surface area contributed by atoms with Crippen LogP contribution in [-0.4, -0.2) is 20.5 Å². The number of nitrogens with two attached hydrogens (primary N) is 1. The van der Waals surface area contributed by atoms with Gasteiger partial charge in [0.1, 0.15) is 10.6 Å². The number of anilines is 2. The van der Waals surface area contributed by atoms with Gasteiger partial charge in [-0.15, -0.1) is 0 Å². The summed E-state index contributed by atoms with van der Waals surface area (Å²) in [6.45, 7) is 1.82. The standard InChI is InChI=1S/C13H14BrN3O3S/c1-8-3-9(7-16-6-8)17-21(18,19)13-5-11(15)10(14)4-12(13)20-2/h3-7,17H,15H2,1-2H3. The van der Waals surface area contributed by atoms with Gasteiger partial charge < -0.3 is 10.5 Å². The highest BCUT2D eigenvalue weighted by molar-refractivity contribution is 9.10. The lowest BCUT2D eigenvalue weighted by Crippen LogP contribution is -2.15. The number of methoxy groups -OCH3 is 1. The number of aryl methyl sites for hydroxylation is 1. The van der Waals surface area contributed by atoms with Gasteiger partial charge >= 0.3 is 0 Å². The number of pyridine rings is 1. The Balaban J connectivity index is 2.47. The van der Waals surface area contributed by atoms with Gasteiger partial charge in [0.25, 0.3) is 10.0 Å². The molecular formula is C13H14BrN3O3S. The summed E-state index contributed by atoms with van der Waals surface area (Å²) in [5.74, 6) is 0.198. The first-order valence-electron chi connectivity index (χ1n) is 5.91. The molecule has 0 saturated carbocycles. The second kappa shape index (κ2) is 5.90. The van der Waals surface area contributed by atoms with Gasteiger partial charge in [0.15, 0.2) is 0 Å². The van der Waals surface area contributed by atoms with Crippen LogP contribution in [-0.2, 0) is 10.0 Å². The van der Waals surface area contributed by atoms with Gasteiger partial charge in [-0.05, 0) is 46.6 Å². The molecule has 0 atom stereocenters. The molecule has 1 aromatic carbocycles. The number of hydrogen-bond donors (Lipinski definition) is 2. The van der Waals surface area contributed by atoms with Crippen LogP contribution in [0.3, 0.4) is 0 Å². The Morgan fingerprint density at radius 3 is 2.62 bits per heavy atom. The Labute approximate surface area is 131 Å². The highest BCUT2D eigenvalue weighted by Gasteiger charge is 2.21. The van der Waals surface area contributed by atoms with Crippen LogP contribution in [0.5, 0.6) is 5.75 Å². The van der Waals surface area contributed by atoms with Crippen molar-refractivity contribution in [2.45, 2.75) is 11.8 Å². The number of ether oxygens (including phenoxy) is 1. The summed E-state index contributed by atoms with van der Waals surface area (Å²) in [6.07, 6.45) is 3.06. The third-order valence-corrected chi connectivity index (χ3v) is 4.79. The second-order valence-electron chi connectivity index (χ2n) is 4.38. The number of rotatable bonds is 4. The predicted octanol–water partition coefficient (Wildman–Crippen LogP) is 2.54. The Morgan fingerprint density at radius 1 is 1.29 bits per heavy atom. The fraction of sp³-hybridized carbons (Fsp3) is 0.154. The van der Waals surface area contributed by atoms with E-state index in [1.807, 2.05) is 6.92 Å². The molecule has 0 bridgehead atoms. The first-order valence-corrected chi connectivity index (χ1v) is 8.18. The van der Waals surface area contributed by atoms with E-state index in [1.54, 1.807) is 12.3 Å². The minimum atomic E-state index is -3.83. The summed E-state index contributed by atoms with van der Waals surface area (Å²) < 4.78 is 33.1. The second-order valence-corrected chi connectivity index (χ2v) is 6.89. The maximum atomic E-state index is 12.5. The van der Waals surface area contributed by atoms with Gasteiger partial charge in [-0.1, -0.05) is 0 Å². The number of benzene rings is 1. The number of halogens is 1. The zero-order valence-corrected chi connectivity index (χ0v) is 13.8. The average Bonchev–Trinajstić information content (AvgIpc) is 2.40. The fourth-order valence-electron chi connectivity index (χ4n) is 1.74. The van der Waals surface area contributed by atoms with Crippen molar-refractivity contribution >= 4 is 37.3 Å². The van der Waals surface area contributed by atoms with Crippen molar-refractivity contribution in [2.24, 2.45) is 0 Å². The van der Waals surface area contributed by atoms with Crippen molar-refractivity contribution in [3.05, 3.63) is 40.6 Å². The van der Waals surface area contributed by atoms with E-state index in [9.17, 15) is 8.42 Å². The van der Waals surface area contributed by atoms with Crippen LogP contribution < -0.4 is 15.2 Å². The first kappa shape index (κ1) is 15.6. The van der Waals surface area contributed by atoms with Crippen LogP contribution in [0.2, 0.25) is 0 Å². The molecule has 0 aliphatic rings. The molecule has 112 valence electrons. The predicted molar refractivity (Wildman–Crippen MR) is 84.9 cm³/mol. The quantitative estimate of drug-likeness (QED) is 0.805. The van der Waals surface area contributed by atoms with Crippen LogP contribution >= 0.6 is 15.9 Å². The summed E-state index contributed by atoms with van der Waals surface area (Å²) in [5.41, 5.74) is 7.27. The molecule has 21 heavy (non-hydrogen) atoms. The third-order valence-electron chi connectivity index (χ3n) is 2.70. The van der Waals surface area contributed by atoms with Gasteiger partial charge in [-0.2, -0.15) is 0 Å². The van der Waals surface area contributed by atoms with Gasteiger partial charge in [0.2, 0.25) is 0 Å². The van der Waals surface area contributed by atoms with Crippen LogP contribution in [0.4, 0.5) is 11.4 Å². The van der Waals surface area contributed by atoms with E-state index in [0.717, 1.165) is 5.56 Å². The smallest absolute Gasteiger partial charge is 0.265 e. The van der Waals surface area contributed by atoms with Crippen molar-refractivity contribution in [3.8, 4) is 5.75 Å². The first-order chi connectivity index (χ1) is 9.83. The molecule has 0 amide bonds. The summed E-state index contributed by atoms with van der Waals surface area (Å²) in [5, 5.41) is 0. The van der Waals surface area contributed by atoms with E-state index >= 15 is 0 Å². The Hall–Kier alpha value is -1.80. The van der Waals surface area contributed by atoms with Crippen LogP contribution in [0.1, 0.15) is 5.56 Å². The van der Waals surface area contributed by atoms with Crippen LogP contribution in [0.25, 0.3) is 0 Å². The lowest BCUT2D eigenvalue weighted by molar-refractivity contribution is 0.402. The zero-order valence-electron chi connectivity index (χ0n) is 11.4.